The molecular formula is C32H24N2O3S. The highest BCUT2D eigenvalue weighted by atomic mass is 32.1. The molecule has 6 heteroatoms. The van der Waals surface area contributed by atoms with Crippen molar-refractivity contribution in [3.8, 4) is 0 Å². The minimum absolute atomic E-state index is 0.143. The van der Waals surface area contributed by atoms with Gasteiger partial charge in [-0.15, -0.1) is 11.3 Å². The molecule has 1 N–H and O–H groups in total. The van der Waals surface area contributed by atoms with Crippen LogP contribution in [0.3, 0.4) is 0 Å². The Hall–Kier alpha value is -4.29. The Morgan fingerprint density at radius 1 is 0.868 bits per heavy atom. The van der Waals surface area contributed by atoms with Gasteiger partial charge in [-0.3, -0.25) is 14.4 Å². The Morgan fingerprint density at radius 3 is 2.39 bits per heavy atom. The third kappa shape index (κ3) is 2.95. The molecule has 1 aromatic heterocycles. The average molecular weight is 517 g/mol. The standard InChI is InChI=1S/C32H24N2O3S/c1-19-18-26-32(22-13-6-7-14-23(22)33-31(32)37)27(29(35)20-10-3-2-4-11-20)28(30(36)25-16-9-17-38-25)34(26)24-15-8-5-12-21(19)24/h2-18,26-28H,1H3,(H,33,37)/t26-,27-,28-,32-/m0/s1. The molecule has 3 aliphatic rings. The zero-order chi connectivity index (χ0) is 26.0. The number of hydrogen-bond acceptors (Lipinski definition) is 5. The number of nitrogens with one attached hydrogen (secondary N) is 1. The minimum atomic E-state index is -1.28. The molecule has 186 valence electrons. The van der Waals surface area contributed by atoms with Crippen molar-refractivity contribution in [3.63, 3.8) is 0 Å². The van der Waals surface area contributed by atoms with Gasteiger partial charge >= 0.3 is 0 Å². The van der Waals surface area contributed by atoms with Crippen LogP contribution in [0.15, 0.2) is 102 Å². The van der Waals surface area contributed by atoms with Gasteiger partial charge in [-0.2, -0.15) is 0 Å². The quantitative estimate of drug-likeness (QED) is 0.338. The number of anilines is 2. The maximum absolute atomic E-state index is 14.6. The lowest BCUT2D eigenvalue weighted by Gasteiger charge is -2.39. The monoisotopic (exact) mass is 516 g/mol. The Bertz CT molecular complexity index is 1640. The van der Waals surface area contributed by atoms with Crippen LogP contribution in [-0.4, -0.2) is 29.6 Å². The number of ketones is 2. The number of rotatable bonds is 4. The summed E-state index contributed by atoms with van der Waals surface area (Å²) in [4.78, 5) is 46.0. The van der Waals surface area contributed by atoms with Crippen LogP contribution in [0.1, 0.15) is 38.1 Å². The number of para-hydroxylation sites is 2. The van der Waals surface area contributed by atoms with E-state index in [0.29, 0.717) is 16.1 Å². The van der Waals surface area contributed by atoms with Crippen LogP contribution in [0.25, 0.3) is 5.57 Å². The number of amides is 1. The molecule has 0 aliphatic carbocycles. The Balaban J connectivity index is 1.57. The third-order valence-electron chi connectivity index (χ3n) is 8.26. The van der Waals surface area contributed by atoms with Crippen LogP contribution in [0.4, 0.5) is 11.4 Å². The first kappa shape index (κ1) is 22.9. The van der Waals surface area contributed by atoms with E-state index in [4.69, 9.17) is 0 Å². The fourth-order valence-electron chi connectivity index (χ4n) is 6.73. The van der Waals surface area contributed by atoms with Gasteiger partial charge in [0.15, 0.2) is 11.6 Å². The van der Waals surface area contributed by atoms with Crippen LogP contribution in [-0.2, 0) is 10.2 Å². The fraction of sp³-hybridized carbons (Fsp3) is 0.156. The summed E-state index contributed by atoms with van der Waals surface area (Å²) in [5.41, 5.74) is 3.56. The lowest BCUT2D eigenvalue weighted by atomic mass is 9.64. The van der Waals surface area contributed by atoms with Crippen LogP contribution in [0.5, 0.6) is 0 Å². The molecule has 5 nitrogen and oxygen atoms in total. The molecular weight excluding hydrogens is 492 g/mol. The SMILES string of the molecule is CC1=C[C@@H]2N(c3ccccc31)[C@H](C(=O)c1cccs1)[C@@H](C(=O)c1ccccc1)[C@@]21C(=O)Nc2ccccc21. The summed E-state index contributed by atoms with van der Waals surface area (Å²) < 4.78 is 0. The summed E-state index contributed by atoms with van der Waals surface area (Å²) in [6.45, 7) is 2.03. The first-order valence-electron chi connectivity index (χ1n) is 12.7. The molecule has 0 saturated carbocycles. The number of Topliss-reactive ketones (excluding diaryl/α,β-unsaturated/α-hetero) is 2. The Morgan fingerprint density at radius 2 is 1.61 bits per heavy atom. The predicted octanol–water partition coefficient (Wildman–Crippen LogP) is 5.99. The molecule has 3 aromatic carbocycles. The summed E-state index contributed by atoms with van der Waals surface area (Å²) in [5.74, 6) is -1.53. The highest BCUT2D eigenvalue weighted by Gasteiger charge is 2.70. The summed E-state index contributed by atoms with van der Waals surface area (Å²) in [6, 6.07) is 26.8. The van der Waals surface area contributed by atoms with E-state index in [1.807, 2.05) is 85.1 Å². The van der Waals surface area contributed by atoms with Crippen molar-refractivity contribution in [2.45, 2.75) is 24.4 Å². The van der Waals surface area contributed by atoms with Crippen LogP contribution in [0.2, 0.25) is 0 Å². The van der Waals surface area contributed by atoms with Crippen LogP contribution in [0, 0.1) is 5.92 Å². The second-order valence-corrected chi connectivity index (χ2v) is 11.0. The number of allylic oxidation sites excluding steroid dienone is 1. The average Bonchev–Trinajstić information content (AvgIpc) is 3.66. The van der Waals surface area contributed by atoms with Gasteiger partial charge in [-0.05, 0) is 41.6 Å². The van der Waals surface area contributed by atoms with Gasteiger partial charge in [-0.1, -0.05) is 78.9 Å². The number of benzene rings is 3. The van der Waals surface area contributed by atoms with E-state index >= 15 is 0 Å². The van der Waals surface area contributed by atoms with Crippen molar-refractivity contribution in [1.29, 1.82) is 0 Å². The molecule has 0 unspecified atom stereocenters. The number of carbonyl (C=O) groups excluding carboxylic acids is 3. The minimum Gasteiger partial charge on any atom is -0.352 e. The van der Waals surface area contributed by atoms with E-state index in [9.17, 15) is 14.4 Å². The summed E-state index contributed by atoms with van der Waals surface area (Å²) >= 11 is 1.36. The van der Waals surface area contributed by atoms with Crippen LogP contribution < -0.4 is 10.2 Å². The largest absolute Gasteiger partial charge is 0.352 e. The molecule has 1 saturated heterocycles. The van der Waals surface area contributed by atoms with Gasteiger partial charge in [0.05, 0.1) is 16.8 Å². The van der Waals surface area contributed by atoms with Crippen molar-refractivity contribution in [3.05, 3.63) is 124 Å². The van der Waals surface area contributed by atoms with Gasteiger partial charge < -0.3 is 10.2 Å². The molecule has 4 atom stereocenters. The van der Waals surface area contributed by atoms with Gasteiger partial charge in [0.2, 0.25) is 5.91 Å². The smallest absolute Gasteiger partial charge is 0.238 e. The summed E-state index contributed by atoms with van der Waals surface area (Å²) in [6.07, 6.45) is 2.08. The molecule has 38 heavy (non-hydrogen) atoms. The summed E-state index contributed by atoms with van der Waals surface area (Å²) in [7, 11) is 0. The molecule has 1 amide bonds. The topological polar surface area (TPSA) is 66.5 Å². The Kier molecular flexibility index (Phi) is 5.03. The highest BCUT2D eigenvalue weighted by molar-refractivity contribution is 7.12. The van der Waals surface area contributed by atoms with Crippen molar-refractivity contribution in [2.24, 2.45) is 5.92 Å². The van der Waals surface area contributed by atoms with Crippen molar-refractivity contribution < 1.29 is 14.4 Å². The maximum atomic E-state index is 14.6. The maximum Gasteiger partial charge on any atom is 0.238 e. The third-order valence-corrected chi connectivity index (χ3v) is 9.14. The van der Waals surface area contributed by atoms with Crippen molar-refractivity contribution >= 4 is 45.8 Å². The fourth-order valence-corrected chi connectivity index (χ4v) is 7.43. The lowest BCUT2D eigenvalue weighted by molar-refractivity contribution is -0.121. The summed E-state index contributed by atoms with van der Waals surface area (Å²) in [5, 5.41) is 4.95. The number of hydrogen-bond donors (Lipinski definition) is 1. The Labute approximate surface area is 224 Å². The number of nitrogens with zero attached hydrogens (tertiary/aromatic N) is 1. The second-order valence-electron chi connectivity index (χ2n) is 10.1. The van der Waals surface area contributed by atoms with E-state index in [1.165, 1.54) is 11.3 Å². The molecule has 7 rings (SSSR count). The molecule has 1 spiro atoms. The highest BCUT2D eigenvalue weighted by Crippen LogP contribution is 2.58. The van der Waals surface area contributed by atoms with Crippen molar-refractivity contribution in [2.75, 3.05) is 10.2 Å². The van der Waals surface area contributed by atoms with E-state index in [2.05, 4.69) is 16.3 Å². The van der Waals surface area contributed by atoms with Gasteiger partial charge in [0.25, 0.3) is 0 Å². The number of thiophene rings is 1. The van der Waals surface area contributed by atoms with Gasteiger partial charge in [-0.25, -0.2) is 0 Å². The first-order chi connectivity index (χ1) is 18.5. The van der Waals surface area contributed by atoms with E-state index in [0.717, 1.165) is 22.4 Å². The molecule has 3 aliphatic heterocycles. The zero-order valence-corrected chi connectivity index (χ0v) is 21.4. The molecule has 4 heterocycles. The first-order valence-corrected chi connectivity index (χ1v) is 13.6. The van der Waals surface area contributed by atoms with E-state index in [-0.39, 0.29) is 17.5 Å². The molecule has 1 fully saturated rings. The molecule has 0 bridgehead atoms. The van der Waals surface area contributed by atoms with E-state index < -0.39 is 23.4 Å². The second kappa shape index (κ2) is 8.36. The number of fused-ring (bicyclic) bond motifs is 6. The predicted molar refractivity (Wildman–Crippen MR) is 150 cm³/mol. The lowest BCUT2D eigenvalue weighted by Crippen LogP contribution is -2.51. The zero-order valence-electron chi connectivity index (χ0n) is 20.6. The van der Waals surface area contributed by atoms with Crippen molar-refractivity contribution in [1.82, 2.24) is 0 Å². The number of carbonyl (C=O) groups is 3. The van der Waals surface area contributed by atoms with Gasteiger partial charge in [0, 0.05) is 22.5 Å². The normalized spacial score (nSPS) is 24.9. The van der Waals surface area contributed by atoms with Crippen LogP contribution >= 0.6 is 11.3 Å². The molecule has 4 aromatic rings. The van der Waals surface area contributed by atoms with Gasteiger partial charge in [0.1, 0.15) is 11.5 Å². The molecule has 0 radical (unpaired) electrons. The van der Waals surface area contributed by atoms with E-state index in [1.54, 1.807) is 18.2 Å².